The number of nitrogens with two attached hydrogens (primary N) is 1. The van der Waals surface area contributed by atoms with Gasteiger partial charge in [0.2, 0.25) is 5.88 Å². The predicted octanol–water partition coefficient (Wildman–Crippen LogP) is 1.93. The Morgan fingerprint density at radius 2 is 2.00 bits per heavy atom. The van der Waals surface area contributed by atoms with Crippen LogP contribution in [0.15, 0.2) is 4.52 Å². The Balaban J connectivity index is 3.21. The monoisotopic (exact) mass is 186 g/mol. The van der Waals surface area contributed by atoms with Gasteiger partial charge >= 0.3 is 6.18 Å². The quantitative estimate of drug-likeness (QED) is 0.674. The molecule has 0 bridgehead atoms. The topological polar surface area (TPSA) is 52.0 Å². The first-order valence-electron chi connectivity index (χ1n) is 2.40. The molecule has 1 heterocycles. The third-order valence-electron chi connectivity index (χ3n) is 0.960. The van der Waals surface area contributed by atoms with Gasteiger partial charge in [0.1, 0.15) is 0 Å². The molecule has 1 rings (SSSR count). The summed E-state index contributed by atoms with van der Waals surface area (Å²) in [6.07, 6.45) is -4.61. The van der Waals surface area contributed by atoms with Crippen molar-refractivity contribution in [3.63, 3.8) is 0 Å². The zero-order valence-corrected chi connectivity index (χ0v) is 5.70. The van der Waals surface area contributed by atoms with Crippen LogP contribution in [-0.2, 0) is 6.18 Å². The number of nitrogens with zero attached hydrogens (tertiary/aromatic N) is 1. The van der Waals surface area contributed by atoms with Crippen molar-refractivity contribution in [1.82, 2.24) is 5.16 Å². The second-order valence-electron chi connectivity index (χ2n) is 1.71. The van der Waals surface area contributed by atoms with Crippen molar-refractivity contribution in [2.45, 2.75) is 6.18 Å². The first-order chi connectivity index (χ1) is 4.93. The predicted molar refractivity (Wildman–Crippen MR) is 30.9 cm³/mol. The van der Waals surface area contributed by atoms with E-state index in [1.807, 2.05) is 0 Å². The molecule has 3 nitrogen and oxygen atoms in total. The Bertz CT molecular complexity index is 249. The van der Waals surface area contributed by atoms with Crippen LogP contribution in [0.4, 0.5) is 19.1 Å². The number of halogens is 4. The molecule has 0 unspecified atom stereocenters. The molecule has 0 spiro atoms. The van der Waals surface area contributed by atoms with Gasteiger partial charge in [0.05, 0.1) is 0 Å². The Morgan fingerprint density at radius 3 is 2.18 bits per heavy atom. The van der Waals surface area contributed by atoms with Crippen molar-refractivity contribution in [3.05, 3.63) is 10.7 Å². The highest BCUT2D eigenvalue weighted by Gasteiger charge is 2.39. The van der Waals surface area contributed by atoms with E-state index in [4.69, 9.17) is 17.3 Å². The summed E-state index contributed by atoms with van der Waals surface area (Å²) < 4.78 is 39.6. The van der Waals surface area contributed by atoms with E-state index in [0.29, 0.717) is 0 Å². The minimum absolute atomic E-state index is 0.769. The van der Waals surface area contributed by atoms with Gasteiger partial charge in [-0.1, -0.05) is 16.8 Å². The van der Waals surface area contributed by atoms with E-state index in [1.165, 1.54) is 0 Å². The zero-order valence-electron chi connectivity index (χ0n) is 4.94. The van der Waals surface area contributed by atoms with E-state index in [-0.39, 0.29) is 0 Å². The summed E-state index contributed by atoms with van der Waals surface area (Å²) in [6, 6.07) is 0. The fourth-order valence-electron chi connectivity index (χ4n) is 0.539. The van der Waals surface area contributed by atoms with E-state index in [9.17, 15) is 13.2 Å². The molecule has 0 saturated heterocycles. The van der Waals surface area contributed by atoms with Gasteiger partial charge in [-0.05, 0) is 0 Å². The Hall–Kier alpha value is -0.910. The molecule has 0 fully saturated rings. The van der Waals surface area contributed by atoms with Crippen LogP contribution in [-0.4, -0.2) is 5.16 Å². The minimum atomic E-state index is -4.61. The van der Waals surface area contributed by atoms with Crippen LogP contribution in [0.5, 0.6) is 0 Å². The first kappa shape index (κ1) is 8.19. The van der Waals surface area contributed by atoms with Crippen molar-refractivity contribution in [1.29, 1.82) is 0 Å². The molecule has 0 aliphatic carbocycles. The van der Waals surface area contributed by atoms with E-state index >= 15 is 0 Å². The van der Waals surface area contributed by atoms with Crippen molar-refractivity contribution < 1.29 is 17.7 Å². The molecule has 1 aromatic heterocycles. The van der Waals surface area contributed by atoms with Crippen LogP contribution in [0.3, 0.4) is 0 Å². The number of hydrogen-bond donors (Lipinski definition) is 1. The van der Waals surface area contributed by atoms with Gasteiger partial charge in [-0.2, -0.15) is 13.2 Å². The number of anilines is 1. The largest absolute Gasteiger partial charge is 0.424 e. The summed E-state index contributed by atoms with van der Waals surface area (Å²) in [4.78, 5) is 0. The first-order valence-corrected chi connectivity index (χ1v) is 2.78. The second-order valence-corrected chi connectivity index (χ2v) is 2.07. The van der Waals surface area contributed by atoms with Gasteiger partial charge in [0.15, 0.2) is 10.7 Å². The number of hydrogen-bond acceptors (Lipinski definition) is 3. The normalized spacial score (nSPS) is 12.0. The second kappa shape index (κ2) is 2.30. The standard InChI is InChI=1S/C4H2ClF3N2O/c5-2-1(4(6,7)8)3(9)11-10-2/h9H2. The number of nitrogen functional groups attached to an aromatic ring is 1. The zero-order chi connectivity index (χ0) is 8.65. The molecular weight excluding hydrogens is 185 g/mol. The lowest BCUT2D eigenvalue weighted by molar-refractivity contribution is -0.137. The molecule has 0 atom stereocenters. The average Bonchev–Trinajstić information content (AvgIpc) is 2.08. The van der Waals surface area contributed by atoms with Gasteiger partial charge in [-0.15, -0.1) is 0 Å². The minimum Gasteiger partial charge on any atom is -0.367 e. The van der Waals surface area contributed by atoms with Crippen LogP contribution in [0.25, 0.3) is 0 Å². The molecule has 0 aliphatic rings. The SMILES string of the molecule is Nc1onc(Cl)c1C(F)(F)F. The molecule has 1 aromatic rings. The Labute approximate surface area is 63.9 Å². The van der Waals surface area contributed by atoms with Gasteiger partial charge in [-0.25, -0.2) is 0 Å². The lowest BCUT2D eigenvalue weighted by Crippen LogP contribution is -2.06. The molecular formula is C4H2ClF3N2O. The van der Waals surface area contributed by atoms with E-state index < -0.39 is 22.8 Å². The molecule has 62 valence electrons. The lowest BCUT2D eigenvalue weighted by atomic mass is 10.3. The fourth-order valence-corrected chi connectivity index (χ4v) is 0.774. The van der Waals surface area contributed by atoms with E-state index in [1.54, 1.807) is 0 Å². The Kier molecular flexibility index (Phi) is 1.71. The summed E-state index contributed by atoms with van der Waals surface area (Å²) in [7, 11) is 0. The van der Waals surface area contributed by atoms with Crippen LogP contribution in [0, 0.1) is 0 Å². The highest BCUT2D eigenvalue weighted by Crippen LogP contribution is 2.37. The maximum atomic E-state index is 11.9. The molecule has 0 saturated carbocycles. The molecule has 11 heavy (non-hydrogen) atoms. The molecule has 0 radical (unpaired) electrons. The average molecular weight is 187 g/mol. The van der Waals surface area contributed by atoms with Crippen molar-refractivity contribution in [2.75, 3.05) is 5.73 Å². The lowest BCUT2D eigenvalue weighted by Gasteiger charge is -2.01. The van der Waals surface area contributed by atoms with Crippen molar-refractivity contribution in [3.8, 4) is 0 Å². The molecule has 2 N–H and O–H groups in total. The maximum Gasteiger partial charge on any atom is 0.424 e. The molecule has 0 amide bonds. The third kappa shape index (κ3) is 1.40. The van der Waals surface area contributed by atoms with Crippen LogP contribution in [0.1, 0.15) is 5.56 Å². The highest BCUT2D eigenvalue weighted by molar-refractivity contribution is 6.30. The number of aromatic nitrogens is 1. The third-order valence-corrected chi connectivity index (χ3v) is 1.22. The van der Waals surface area contributed by atoms with E-state index in [2.05, 4.69) is 9.68 Å². The molecule has 0 aliphatic heterocycles. The Morgan fingerprint density at radius 1 is 1.45 bits per heavy atom. The smallest absolute Gasteiger partial charge is 0.367 e. The van der Waals surface area contributed by atoms with E-state index in [0.717, 1.165) is 0 Å². The number of alkyl halides is 3. The summed E-state index contributed by atoms with van der Waals surface area (Å²) in [6.45, 7) is 0. The van der Waals surface area contributed by atoms with Crippen molar-refractivity contribution in [2.24, 2.45) is 0 Å². The van der Waals surface area contributed by atoms with Gasteiger partial charge in [0.25, 0.3) is 0 Å². The number of rotatable bonds is 0. The molecule has 7 heteroatoms. The van der Waals surface area contributed by atoms with Crippen LogP contribution in [0.2, 0.25) is 5.15 Å². The van der Waals surface area contributed by atoms with Gasteiger partial charge in [-0.3, -0.25) is 0 Å². The highest BCUT2D eigenvalue weighted by atomic mass is 35.5. The van der Waals surface area contributed by atoms with Gasteiger partial charge < -0.3 is 10.3 Å². The summed E-state index contributed by atoms with van der Waals surface area (Å²) in [5, 5.41) is 2.06. The summed E-state index contributed by atoms with van der Waals surface area (Å²) in [5.41, 5.74) is 3.57. The fraction of sp³-hybridized carbons (Fsp3) is 0.250. The van der Waals surface area contributed by atoms with Crippen molar-refractivity contribution >= 4 is 17.5 Å². The summed E-state index contributed by atoms with van der Waals surface area (Å²) >= 11 is 5.02. The van der Waals surface area contributed by atoms with Gasteiger partial charge in [0, 0.05) is 0 Å². The van der Waals surface area contributed by atoms with Crippen LogP contribution < -0.4 is 5.73 Å². The van der Waals surface area contributed by atoms with Crippen LogP contribution >= 0.6 is 11.6 Å². The maximum absolute atomic E-state index is 11.9. The summed E-state index contributed by atoms with van der Waals surface area (Å²) in [5.74, 6) is -0.817. The molecule has 0 aromatic carbocycles.